The minimum absolute atomic E-state index is 0.102. The summed E-state index contributed by atoms with van der Waals surface area (Å²) in [5.74, 6) is 0.372. The Morgan fingerprint density at radius 3 is 2.67 bits per heavy atom. The van der Waals surface area contributed by atoms with E-state index in [0.29, 0.717) is 16.5 Å². The lowest BCUT2D eigenvalue weighted by atomic mass is 9.96. The second-order valence-electron chi connectivity index (χ2n) is 5.05. The standard InChI is InChI=1S/C14H19ClFNO/c1-10-5-7-17(8-6-10)13(9-18)14-11(15)3-2-4-12(14)16/h2-4,10,13,18H,5-9H2,1H3. The molecule has 1 aromatic carbocycles. The molecule has 0 radical (unpaired) electrons. The van der Waals surface area contributed by atoms with Crippen molar-refractivity contribution in [2.75, 3.05) is 19.7 Å². The third kappa shape index (κ3) is 2.85. The number of likely N-dealkylation sites (tertiary alicyclic amines) is 1. The van der Waals surface area contributed by atoms with Gasteiger partial charge in [-0.05, 0) is 44.0 Å². The monoisotopic (exact) mass is 271 g/mol. The molecule has 1 unspecified atom stereocenters. The molecule has 2 nitrogen and oxygen atoms in total. The van der Waals surface area contributed by atoms with Gasteiger partial charge in [-0.1, -0.05) is 24.6 Å². The summed E-state index contributed by atoms with van der Waals surface area (Å²) in [4.78, 5) is 2.13. The molecular formula is C14H19ClFNO. The Labute approximate surface area is 112 Å². The summed E-state index contributed by atoms with van der Waals surface area (Å²) in [6.45, 7) is 3.89. The topological polar surface area (TPSA) is 23.5 Å². The largest absolute Gasteiger partial charge is 0.394 e. The molecule has 0 aromatic heterocycles. The smallest absolute Gasteiger partial charge is 0.129 e. The molecule has 1 saturated heterocycles. The minimum atomic E-state index is -0.333. The predicted octanol–water partition coefficient (Wildman–Crippen LogP) is 3.24. The van der Waals surface area contributed by atoms with Gasteiger partial charge >= 0.3 is 0 Å². The molecular weight excluding hydrogens is 253 g/mol. The zero-order chi connectivity index (χ0) is 13.1. The van der Waals surface area contributed by atoms with Gasteiger partial charge in [-0.25, -0.2) is 4.39 Å². The van der Waals surface area contributed by atoms with Crippen molar-refractivity contribution < 1.29 is 9.50 Å². The third-order valence-electron chi connectivity index (χ3n) is 3.76. The number of hydrogen-bond donors (Lipinski definition) is 1. The number of hydrogen-bond acceptors (Lipinski definition) is 2. The van der Waals surface area contributed by atoms with Gasteiger partial charge in [0.1, 0.15) is 5.82 Å². The number of aliphatic hydroxyl groups is 1. The van der Waals surface area contributed by atoms with E-state index in [9.17, 15) is 9.50 Å². The van der Waals surface area contributed by atoms with Crippen molar-refractivity contribution in [2.45, 2.75) is 25.8 Å². The Kier molecular flexibility index (Phi) is 4.60. The molecule has 1 atom stereocenters. The van der Waals surface area contributed by atoms with Crippen LogP contribution in [0.1, 0.15) is 31.4 Å². The zero-order valence-corrected chi connectivity index (χ0v) is 11.3. The van der Waals surface area contributed by atoms with Crippen LogP contribution in [0.2, 0.25) is 5.02 Å². The first-order valence-corrected chi connectivity index (χ1v) is 6.80. The van der Waals surface area contributed by atoms with Crippen LogP contribution < -0.4 is 0 Å². The van der Waals surface area contributed by atoms with Crippen molar-refractivity contribution >= 4 is 11.6 Å². The van der Waals surface area contributed by atoms with Gasteiger partial charge in [0.2, 0.25) is 0 Å². The summed E-state index contributed by atoms with van der Waals surface area (Å²) >= 11 is 6.07. The number of piperidine rings is 1. The van der Waals surface area contributed by atoms with Crippen LogP contribution in [0.15, 0.2) is 18.2 Å². The van der Waals surface area contributed by atoms with Gasteiger partial charge in [-0.3, -0.25) is 4.90 Å². The van der Waals surface area contributed by atoms with Crippen molar-refractivity contribution in [3.05, 3.63) is 34.6 Å². The van der Waals surface area contributed by atoms with E-state index in [4.69, 9.17) is 11.6 Å². The fraction of sp³-hybridized carbons (Fsp3) is 0.571. The van der Waals surface area contributed by atoms with Crippen LogP contribution in [0, 0.1) is 11.7 Å². The van der Waals surface area contributed by atoms with Crippen LogP contribution in [0.3, 0.4) is 0 Å². The van der Waals surface area contributed by atoms with E-state index in [1.54, 1.807) is 12.1 Å². The highest BCUT2D eigenvalue weighted by atomic mass is 35.5. The first-order valence-electron chi connectivity index (χ1n) is 6.42. The predicted molar refractivity (Wildman–Crippen MR) is 71.2 cm³/mol. The number of nitrogens with zero attached hydrogens (tertiary/aromatic N) is 1. The fourth-order valence-electron chi connectivity index (χ4n) is 2.56. The average Bonchev–Trinajstić information content (AvgIpc) is 2.35. The maximum Gasteiger partial charge on any atom is 0.129 e. The lowest BCUT2D eigenvalue weighted by molar-refractivity contribution is 0.0876. The molecule has 0 amide bonds. The second-order valence-corrected chi connectivity index (χ2v) is 5.46. The van der Waals surface area contributed by atoms with E-state index in [-0.39, 0.29) is 18.5 Å². The highest BCUT2D eigenvalue weighted by molar-refractivity contribution is 6.31. The Bertz CT molecular complexity index is 385. The first-order chi connectivity index (χ1) is 8.63. The highest BCUT2D eigenvalue weighted by Crippen LogP contribution is 2.32. The summed E-state index contributed by atoms with van der Waals surface area (Å²) < 4.78 is 13.9. The van der Waals surface area contributed by atoms with Crippen LogP contribution in [-0.4, -0.2) is 29.7 Å². The molecule has 18 heavy (non-hydrogen) atoms. The molecule has 1 heterocycles. The first kappa shape index (κ1) is 13.8. The van der Waals surface area contributed by atoms with Crippen LogP contribution in [0.5, 0.6) is 0 Å². The third-order valence-corrected chi connectivity index (χ3v) is 4.09. The number of halogens is 2. The van der Waals surface area contributed by atoms with Gasteiger partial charge in [0, 0.05) is 10.6 Å². The van der Waals surface area contributed by atoms with Gasteiger partial charge < -0.3 is 5.11 Å². The number of aliphatic hydroxyl groups excluding tert-OH is 1. The van der Waals surface area contributed by atoms with Crippen molar-refractivity contribution in [1.82, 2.24) is 4.90 Å². The van der Waals surface area contributed by atoms with Crippen molar-refractivity contribution in [3.63, 3.8) is 0 Å². The Hall–Kier alpha value is -0.640. The lowest BCUT2D eigenvalue weighted by Crippen LogP contribution is -2.38. The molecule has 1 fully saturated rings. The quantitative estimate of drug-likeness (QED) is 0.912. The minimum Gasteiger partial charge on any atom is -0.394 e. The van der Waals surface area contributed by atoms with E-state index in [0.717, 1.165) is 25.9 Å². The van der Waals surface area contributed by atoms with Gasteiger partial charge in [0.15, 0.2) is 0 Å². The number of rotatable bonds is 3. The van der Waals surface area contributed by atoms with E-state index in [1.807, 2.05) is 0 Å². The molecule has 4 heteroatoms. The molecule has 100 valence electrons. The molecule has 0 spiro atoms. The van der Waals surface area contributed by atoms with Gasteiger partial charge in [-0.2, -0.15) is 0 Å². The summed E-state index contributed by atoms with van der Waals surface area (Å²) in [5.41, 5.74) is 0.427. The zero-order valence-electron chi connectivity index (χ0n) is 10.6. The normalized spacial score (nSPS) is 20.0. The maximum absolute atomic E-state index is 13.9. The van der Waals surface area contributed by atoms with Crippen LogP contribution >= 0.6 is 11.6 Å². The molecule has 2 rings (SSSR count). The van der Waals surface area contributed by atoms with Crippen LogP contribution in [0.25, 0.3) is 0 Å². The summed E-state index contributed by atoms with van der Waals surface area (Å²) in [7, 11) is 0. The number of benzene rings is 1. The molecule has 1 aliphatic rings. The molecule has 0 bridgehead atoms. The molecule has 0 saturated carbocycles. The summed E-state index contributed by atoms with van der Waals surface area (Å²) in [6.07, 6.45) is 2.17. The average molecular weight is 272 g/mol. The van der Waals surface area contributed by atoms with Crippen LogP contribution in [-0.2, 0) is 0 Å². The highest BCUT2D eigenvalue weighted by Gasteiger charge is 2.27. The van der Waals surface area contributed by atoms with E-state index in [1.165, 1.54) is 6.07 Å². The molecule has 1 N–H and O–H groups in total. The van der Waals surface area contributed by atoms with Gasteiger partial charge in [-0.15, -0.1) is 0 Å². The molecule has 1 aromatic rings. The second kappa shape index (κ2) is 6.00. The van der Waals surface area contributed by atoms with Crippen molar-refractivity contribution in [1.29, 1.82) is 0 Å². The Morgan fingerprint density at radius 1 is 1.44 bits per heavy atom. The Morgan fingerprint density at radius 2 is 2.11 bits per heavy atom. The lowest BCUT2D eigenvalue weighted by Gasteiger charge is -2.36. The van der Waals surface area contributed by atoms with Gasteiger partial charge in [0.25, 0.3) is 0 Å². The molecule has 1 aliphatic heterocycles. The Balaban J connectivity index is 2.23. The maximum atomic E-state index is 13.9. The molecule has 0 aliphatic carbocycles. The van der Waals surface area contributed by atoms with Crippen molar-refractivity contribution in [3.8, 4) is 0 Å². The van der Waals surface area contributed by atoms with E-state index >= 15 is 0 Å². The van der Waals surface area contributed by atoms with Gasteiger partial charge in [0.05, 0.1) is 12.6 Å². The van der Waals surface area contributed by atoms with Crippen LogP contribution in [0.4, 0.5) is 4.39 Å². The SMILES string of the molecule is CC1CCN(C(CO)c2c(F)cccc2Cl)CC1. The summed E-state index contributed by atoms with van der Waals surface area (Å²) in [5, 5.41) is 9.98. The van der Waals surface area contributed by atoms with Crippen molar-refractivity contribution in [2.24, 2.45) is 5.92 Å². The fourth-order valence-corrected chi connectivity index (χ4v) is 2.85. The van der Waals surface area contributed by atoms with E-state index < -0.39 is 0 Å². The van der Waals surface area contributed by atoms with E-state index in [2.05, 4.69) is 11.8 Å². The summed E-state index contributed by atoms with van der Waals surface area (Å²) in [6, 6.07) is 4.34.